The van der Waals surface area contributed by atoms with Gasteiger partial charge in [-0.3, -0.25) is 9.59 Å². The minimum atomic E-state index is -0.867. The fraction of sp³-hybridized carbons (Fsp3) is 0.543. The van der Waals surface area contributed by atoms with Crippen LogP contribution in [0.3, 0.4) is 0 Å². The number of fused-ring (bicyclic) bond motifs is 1. The van der Waals surface area contributed by atoms with Gasteiger partial charge in [-0.25, -0.2) is 13.6 Å². The Balaban J connectivity index is 1.41. The predicted octanol–water partition coefficient (Wildman–Crippen LogP) is 7.90. The van der Waals surface area contributed by atoms with Crippen molar-refractivity contribution in [1.29, 1.82) is 0 Å². The third kappa shape index (κ3) is 12.1. The second kappa shape index (κ2) is 22.9. The number of carbonyl (C=O) groups is 3. The van der Waals surface area contributed by atoms with Crippen molar-refractivity contribution in [3.8, 4) is 11.5 Å². The summed E-state index contributed by atoms with van der Waals surface area (Å²) >= 11 is 5.92. The quantitative estimate of drug-likeness (QED) is 0.0406. The van der Waals surface area contributed by atoms with Crippen molar-refractivity contribution in [3.05, 3.63) is 104 Å². The standard InChI is InChI=1S/C46H59ClF2N4O10/c1-6-20-51(29-34-15-18-38(60-5)30(2)25-34)44(55)31(3)42-46(27-33-13-11-32(12-14-33)10-9-22-61-41-37(49)17-16-36(48)40(41)47)28-35(43(54)50-19-24-59-4)26-39(46)52(42)45(56)62-21-7-8-23-63-53(57)58/h11-18,25,31,35,39,42H,6-10,19-24,26-29H2,1-5H3,(H,50,54). The maximum atomic E-state index is 14.8. The van der Waals surface area contributed by atoms with Crippen molar-refractivity contribution in [2.75, 3.05) is 53.7 Å². The fourth-order valence-corrected chi connectivity index (χ4v) is 9.47. The number of unbranched alkanes of at least 4 members (excludes halogenated alkanes) is 1. The molecule has 14 nitrogen and oxygen atoms in total. The number of hydrogen-bond acceptors (Lipinski definition) is 10. The lowest BCUT2D eigenvalue weighted by Crippen LogP contribution is -2.74. The van der Waals surface area contributed by atoms with Crippen LogP contribution < -0.4 is 14.8 Å². The number of amides is 3. The Morgan fingerprint density at radius 3 is 2.37 bits per heavy atom. The SMILES string of the molecule is CCCN(Cc1ccc(OC)c(C)c1)C(=O)C(C)C1N(C(=O)OCCCCO[N+](=O)[O-])C2CC(C(=O)NCCOC)CC21Cc1ccc(CCCOc2c(F)ccc(F)c2Cl)cc1. The van der Waals surface area contributed by atoms with Crippen LogP contribution in [0.1, 0.15) is 74.6 Å². The van der Waals surface area contributed by atoms with E-state index < -0.39 is 57.2 Å². The van der Waals surface area contributed by atoms with Crippen molar-refractivity contribution < 1.29 is 52.0 Å². The number of nitrogens with one attached hydrogen (secondary N) is 1. The van der Waals surface area contributed by atoms with E-state index in [4.69, 9.17) is 30.5 Å². The van der Waals surface area contributed by atoms with E-state index in [9.17, 15) is 33.3 Å². The Morgan fingerprint density at radius 1 is 0.984 bits per heavy atom. The molecule has 0 spiro atoms. The maximum Gasteiger partial charge on any atom is 0.410 e. The number of likely N-dealkylation sites (tertiary alicyclic amines) is 1. The summed E-state index contributed by atoms with van der Waals surface area (Å²) in [7, 11) is 3.17. The summed E-state index contributed by atoms with van der Waals surface area (Å²) in [6.07, 6.45) is 3.05. The largest absolute Gasteiger partial charge is 0.496 e. The molecule has 3 aromatic rings. The molecule has 1 aliphatic heterocycles. The zero-order valence-corrected chi connectivity index (χ0v) is 37.4. The second-order valence-electron chi connectivity index (χ2n) is 16.4. The van der Waals surface area contributed by atoms with Crippen LogP contribution in [-0.4, -0.2) is 98.6 Å². The van der Waals surface area contributed by atoms with E-state index in [1.807, 2.05) is 68.1 Å². The fourth-order valence-electron chi connectivity index (χ4n) is 9.27. The van der Waals surface area contributed by atoms with Gasteiger partial charge in [-0.2, -0.15) is 0 Å². The highest BCUT2D eigenvalue weighted by molar-refractivity contribution is 6.32. The Labute approximate surface area is 372 Å². The summed E-state index contributed by atoms with van der Waals surface area (Å²) in [5.74, 6) is -2.53. The minimum absolute atomic E-state index is 0.0123. The number of carbonyl (C=O) groups excluding carboxylic acids is 3. The third-order valence-electron chi connectivity index (χ3n) is 12.1. The monoisotopic (exact) mass is 900 g/mol. The van der Waals surface area contributed by atoms with Crippen molar-refractivity contribution in [2.24, 2.45) is 17.3 Å². The highest BCUT2D eigenvalue weighted by Crippen LogP contribution is 2.61. The predicted molar refractivity (Wildman–Crippen MR) is 231 cm³/mol. The van der Waals surface area contributed by atoms with Gasteiger partial charge in [0.2, 0.25) is 11.8 Å². The molecule has 3 aromatic carbocycles. The lowest BCUT2D eigenvalue weighted by atomic mass is 9.59. The normalized spacial score (nSPS) is 19.4. The summed E-state index contributed by atoms with van der Waals surface area (Å²) in [4.78, 5) is 61.2. The molecule has 5 atom stereocenters. The van der Waals surface area contributed by atoms with Gasteiger partial charge < -0.3 is 38.9 Å². The summed E-state index contributed by atoms with van der Waals surface area (Å²) < 4.78 is 50.0. The molecule has 5 unspecified atom stereocenters. The highest BCUT2D eigenvalue weighted by Gasteiger charge is 2.69. The van der Waals surface area contributed by atoms with E-state index >= 15 is 0 Å². The average molecular weight is 901 g/mol. The molecule has 1 N–H and O–H groups in total. The molecule has 17 heteroatoms. The van der Waals surface area contributed by atoms with Crippen molar-refractivity contribution >= 4 is 29.5 Å². The molecular weight excluding hydrogens is 842 g/mol. The molecule has 1 saturated heterocycles. The lowest BCUT2D eigenvalue weighted by Gasteiger charge is -2.62. The zero-order valence-electron chi connectivity index (χ0n) is 36.7. The highest BCUT2D eigenvalue weighted by atomic mass is 35.5. The molecule has 344 valence electrons. The number of benzene rings is 3. The first kappa shape index (κ1) is 48.8. The van der Waals surface area contributed by atoms with Crippen molar-refractivity contribution in [1.82, 2.24) is 15.1 Å². The number of halogens is 3. The number of hydrogen-bond donors (Lipinski definition) is 1. The Kier molecular flexibility index (Phi) is 17.8. The zero-order chi connectivity index (χ0) is 45.7. The minimum Gasteiger partial charge on any atom is -0.496 e. The first-order valence-corrected chi connectivity index (χ1v) is 21.9. The van der Waals surface area contributed by atoms with E-state index in [2.05, 4.69) is 10.2 Å². The van der Waals surface area contributed by atoms with Crippen LogP contribution in [0.25, 0.3) is 0 Å². The van der Waals surface area contributed by atoms with Gasteiger partial charge in [-0.15, -0.1) is 10.1 Å². The molecular formula is C46H59ClF2N4O10. The van der Waals surface area contributed by atoms with Crippen molar-refractivity contribution in [2.45, 2.75) is 90.8 Å². The number of nitrogens with zero attached hydrogens (tertiary/aromatic N) is 3. The van der Waals surface area contributed by atoms with Crippen molar-refractivity contribution in [3.63, 3.8) is 0 Å². The summed E-state index contributed by atoms with van der Waals surface area (Å²) in [6.45, 7) is 7.26. The summed E-state index contributed by atoms with van der Waals surface area (Å²) in [5.41, 5.74) is 3.13. The van der Waals surface area contributed by atoms with E-state index in [0.29, 0.717) is 77.6 Å². The van der Waals surface area contributed by atoms with E-state index in [-0.39, 0.29) is 37.4 Å². The van der Waals surface area contributed by atoms with Crippen LogP contribution in [0.5, 0.6) is 11.5 Å². The van der Waals surface area contributed by atoms with Gasteiger partial charge in [0.1, 0.15) is 16.6 Å². The molecule has 3 amide bonds. The molecule has 0 aromatic heterocycles. The molecule has 2 fully saturated rings. The molecule has 2 aliphatic rings. The molecule has 0 bridgehead atoms. The van der Waals surface area contributed by atoms with Crippen LogP contribution in [-0.2, 0) is 43.3 Å². The van der Waals surface area contributed by atoms with Gasteiger partial charge in [0.25, 0.3) is 5.09 Å². The molecule has 63 heavy (non-hydrogen) atoms. The van der Waals surface area contributed by atoms with Gasteiger partial charge >= 0.3 is 6.09 Å². The lowest BCUT2D eigenvalue weighted by molar-refractivity contribution is -0.757. The van der Waals surface area contributed by atoms with E-state index in [0.717, 1.165) is 40.1 Å². The molecule has 0 radical (unpaired) electrons. The van der Waals surface area contributed by atoms with Crippen LogP contribution >= 0.6 is 11.6 Å². The van der Waals surface area contributed by atoms with Gasteiger partial charge in [0.15, 0.2) is 11.6 Å². The van der Waals surface area contributed by atoms with E-state index in [1.54, 1.807) is 19.1 Å². The summed E-state index contributed by atoms with van der Waals surface area (Å²) in [5, 5.41) is 12.3. The van der Waals surface area contributed by atoms with E-state index in [1.165, 1.54) is 0 Å². The first-order chi connectivity index (χ1) is 30.2. The van der Waals surface area contributed by atoms with Crippen LogP contribution in [0.15, 0.2) is 54.6 Å². The number of aryl methyl sites for hydroxylation is 2. The maximum absolute atomic E-state index is 14.8. The smallest absolute Gasteiger partial charge is 0.410 e. The van der Waals surface area contributed by atoms with Gasteiger partial charge in [-0.05, 0) is 98.7 Å². The van der Waals surface area contributed by atoms with Crippen LogP contribution in [0.2, 0.25) is 5.02 Å². The third-order valence-corrected chi connectivity index (χ3v) is 12.4. The second-order valence-corrected chi connectivity index (χ2v) is 16.7. The first-order valence-electron chi connectivity index (χ1n) is 21.5. The number of ether oxygens (including phenoxy) is 4. The van der Waals surface area contributed by atoms with Crippen LogP contribution in [0, 0.1) is 45.9 Å². The average Bonchev–Trinajstić information content (AvgIpc) is 3.56. The summed E-state index contributed by atoms with van der Waals surface area (Å²) in [6, 6.07) is 14.6. The van der Waals surface area contributed by atoms with Crippen LogP contribution in [0.4, 0.5) is 13.6 Å². The van der Waals surface area contributed by atoms with Gasteiger partial charge in [0, 0.05) is 44.1 Å². The van der Waals surface area contributed by atoms with Gasteiger partial charge in [-0.1, -0.05) is 61.8 Å². The molecule has 5 rings (SSSR count). The molecule has 1 aliphatic carbocycles. The Morgan fingerprint density at radius 2 is 1.68 bits per heavy atom. The number of rotatable bonds is 24. The van der Waals surface area contributed by atoms with Gasteiger partial charge in [0.05, 0.1) is 45.5 Å². The molecule has 1 heterocycles. The topological polar surface area (TPSA) is 159 Å². The molecule has 1 saturated carbocycles. The Hall–Kier alpha value is -5.22. The Bertz CT molecular complexity index is 2040. The number of methoxy groups -OCH3 is 2.